The van der Waals surface area contributed by atoms with E-state index < -0.39 is 22.0 Å². The Morgan fingerprint density at radius 3 is 2.21 bits per heavy atom. The molecular formula is C18H22ClN3O6S. The standard InChI is InChI=1S/C18H21N3O6S.ClH/c1-26-13-2-4-14(5-3-13)27-15-6-8-16(9-7-15)28(24,25)21-11-10-19-12-17(21)18(22)20-23;/h2-9,17,19,23H,10-12H2,1H3,(H,20,22);1H/t17-;/m1./s1. The number of nitrogens with one attached hydrogen (secondary N) is 2. The number of ether oxygens (including phenoxy) is 2. The van der Waals surface area contributed by atoms with Crippen molar-refractivity contribution in [3.05, 3.63) is 48.5 Å². The van der Waals surface area contributed by atoms with Crippen LogP contribution in [0.15, 0.2) is 53.4 Å². The van der Waals surface area contributed by atoms with Gasteiger partial charge < -0.3 is 14.8 Å². The van der Waals surface area contributed by atoms with E-state index in [2.05, 4.69) is 5.32 Å². The molecular weight excluding hydrogens is 422 g/mol. The normalized spacial score (nSPS) is 17.1. The Hall–Kier alpha value is -2.37. The van der Waals surface area contributed by atoms with Crippen LogP contribution in [-0.2, 0) is 14.8 Å². The summed E-state index contributed by atoms with van der Waals surface area (Å²) in [5, 5.41) is 11.8. The van der Waals surface area contributed by atoms with Crippen molar-refractivity contribution >= 4 is 28.3 Å². The molecule has 3 rings (SSSR count). The molecule has 1 atom stereocenters. The summed E-state index contributed by atoms with van der Waals surface area (Å²) >= 11 is 0. The van der Waals surface area contributed by atoms with E-state index in [0.29, 0.717) is 23.8 Å². The maximum absolute atomic E-state index is 12.9. The highest BCUT2D eigenvalue weighted by molar-refractivity contribution is 7.89. The van der Waals surface area contributed by atoms with Gasteiger partial charge in [-0.05, 0) is 48.5 Å². The van der Waals surface area contributed by atoms with E-state index in [0.717, 1.165) is 4.31 Å². The first-order valence-electron chi connectivity index (χ1n) is 8.54. The number of piperazine rings is 1. The van der Waals surface area contributed by atoms with E-state index in [4.69, 9.17) is 14.7 Å². The van der Waals surface area contributed by atoms with Gasteiger partial charge in [0.2, 0.25) is 10.0 Å². The Labute approximate surface area is 175 Å². The molecule has 158 valence electrons. The number of benzene rings is 2. The average Bonchev–Trinajstić information content (AvgIpc) is 2.74. The lowest BCUT2D eigenvalue weighted by atomic mass is 10.2. The molecule has 0 aromatic heterocycles. The largest absolute Gasteiger partial charge is 0.497 e. The lowest BCUT2D eigenvalue weighted by Gasteiger charge is -2.33. The maximum atomic E-state index is 12.9. The van der Waals surface area contributed by atoms with Crippen LogP contribution in [0.1, 0.15) is 0 Å². The van der Waals surface area contributed by atoms with Crippen LogP contribution in [0.2, 0.25) is 0 Å². The summed E-state index contributed by atoms with van der Waals surface area (Å²) in [6.07, 6.45) is 0. The Kier molecular flexibility index (Phi) is 7.82. The monoisotopic (exact) mass is 443 g/mol. The zero-order chi connectivity index (χ0) is 20.1. The molecule has 1 aliphatic heterocycles. The van der Waals surface area contributed by atoms with Crippen molar-refractivity contribution in [3.63, 3.8) is 0 Å². The van der Waals surface area contributed by atoms with Gasteiger partial charge in [0.1, 0.15) is 23.3 Å². The van der Waals surface area contributed by atoms with Gasteiger partial charge in [-0.2, -0.15) is 4.31 Å². The topological polar surface area (TPSA) is 117 Å². The van der Waals surface area contributed by atoms with Crippen LogP contribution in [0, 0.1) is 0 Å². The highest BCUT2D eigenvalue weighted by Gasteiger charge is 2.37. The van der Waals surface area contributed by atoms with E-state index in [1.807, 2.05) is 0 Å². The Balaban J connectivity index is 0.00000300. The molecule has 0 saturated carbocycles. The van der Waals surface area contributed by atoms with Crippen LogP contribution in [0.25, 0.3) is 0 Å². The summed E-state index contributed by atoms with van der Waals surface area (Å²) < 4.78 is 37.7. The molecule has 1 amide bonds. The summed E-state index contributed by atoms with van der Waals surface area (Å²) in [7, 11) is -2.34. The lowest BCUT2D eigenvalue weighted by molar-refractivity contribution is -0.133. The minimum absolute atomic E-state index is 0. The molecule has 0 bridgehead atoms. The van der Waals surface area contributed by atoms with Gasteiger partial charge in [0, 0.05) is 19.6 Å². The molecule has 9 nitrogen and oxygen atoms in total. The van der Waals surface area contributed by atoms with Gasteiger partial charge in [0.15, 0.2) is 0 Å². The van der Waals surface area contributed by atoms with E-state index >= 15 is 0 Å². The molecule has 0 spiro atoms. The van der Waals surface area contributed by atoms with Crippen molar-refractivity contribution in [3.8, 4) is 17.2 Å². The van der Waals surface area contributed by atoms with Gasteiger partial charge in [-0.25, -0.2) is 13.9 Å². The smallest absolute Gasteiger partial charge is 0.263 e. The first kappa shape index (κ1) is 22.9. The van der Waals surface area contributed by atoms with Crippen molar-refractivity contribution in [1.82, 2.24) is 15.1 Å². The third kappa shape index (κ3) is 5.17. The zero-order valence-electron chi connectivity index (χ0n) is 15.6. The number of amides is 1. The fraction of sp³-hybridized carbons (Fsp3) is 0.278. The van der Waals surface area contributed by atoms with Crippen molar-refractivity contribution in [2.24, 2.45) is 0 Å². The Bertz CT molecular complexity index is 922. The summed E-state index contributed by atoms with van der Waals surface area (Å²) in [5.41, 5.74) is 1.52. The number of sulfonamides is 1. The number of rotatable bonds is 6. The van der Waals surface area contributed by atoms with Crippen LogP contribution in [0.5, 0.6) is 17.2 Å². The minimum atomic E-state index is -3.92. The van der Waals surface area contributed by atoms with Crippen molar-refractivity contribution in [2.45, 2.75) is 10.9 Å². The second kappa shape index (κ2) is 9.90. The molecule has 1 fully saturated rings. The highest BCUT2D eigenvalue weighted by atomic mass is 35.5. The van der Waals surface area contributed by atoms with Crippen molar-refractivity contribution < 1.29 is 27.9 Å². The SMILES string of the molecule is COc1ccc(Oc2ccc(S(=O)(=O)N3CCNC[C@@H]3C(=O)NO)cc2)cc1.Cl. The molecule has 1 saturated heterocycles. The van der Waals surface area contributed by atoms with E-state index in [1.165, 1.54) is 17.6 Å². The summed E-state index contributed by atoms with van der Waals surface area (Å²) in [5.74, 6) is 0.966. The van der Waals surface area contributed by atoms with E-state index in [-0.39, 0.29) is 30.4 Å². The number of nitrogens with zero attached hydrogens (tertiary/aromatic N) is 1. The molecule has 29 heavy (non-hydrogen) atoms. The van der Waals surface area contributed by atoms with E-state index in [1.54, 1.807) is 43.5 Å². The van der Waals surface area contributed by atoms with Crippen molar-refractivity contribution in [1.29, 1.82) is 0 Å². The highest BCUT2D eigenvalue weighted by Crippen LogP contribution is 2.26. The number of halogens is 1. The van der Waals surface area contributed by atoms with E-state index in [9.17, 15) is 13.2 Å². The maximum Gasteiger partial charge on any atom is 0.263 e. The van der Waals surface area contributed by atoms with Gasteiger partial charge in [-0.15, -0.1) is 12.4 Å². The Morgan fingerprint density at radius 1 is 1.10 bits per heavy atom. The summed E-state index contributed by atoms with van der Waals surface area (Å²) in [6.45, 7) is 0.641. The van der Waals surface area contributed by atoms with Crippen LogP contribution >= 0.6 is 12.4 Å². The van der Waals surface area contributed by atoms with Crippen LogP contribution in [-0.4, -0.2) is 56.6 Å². The fourth-order valence-corrected chi connectivity index (χ4v) is 4.45. The van der Waals surface area contributed by atoms with Crippen molar-refractivity contribution in [2.75, 3.05) is 26.7 Å². The summed E-state index contributed by atoms with van der Waals surface area (Å²) in [4.78, 5) is 11.9. The number of methoxy groups -OCH3 is 1. The number of carbonyl (C=O) groups is 1. The third-order valence-electron chi connectivity index (χ3n) is 4.33. The molecule has 1 aliphatic rings. The van der Waals surface area contributed by atoms with Gasteiger partial charge in [0.25, 0.3) is 5.91 Å². The van der Waals surface area contributed by atoms with Gasteiger partial charge >= 0.3 is 0 Å². The summed E-state index contributed by atoms with van der Waals surface area (Å²) in [6, 6.07) is 11.9. The second-order valence-electron chi connectivity index (χ2n) is 6.06. The first-order valence-corrected chi connectivity index (χ1v) is 9.98. The van der Waals surface area contributed by atoms with Gasteiger partial charge in [0.05, 0.1) is 12.0 Å². The minimum Gasteiger partial charge on any atom is -0.497 e. The molecule has 11 heteroatoms. The van der Waals surface area contributed by atoms with Gasteiger partial charge in [-0.1, -0.05) is 0 Å². The number of carbonyl (C=O) groups excluding carboxylic acids is 1. The molecule has 0 unspecified atom stereocenters. The fourth-order valence-electron chi connectivity index (χ4n) is 2.87. The molecule has 2 aromatic carbocycles. The molecule has 3 N–H and O–H groups in total. The van der Waals surface area contributed by atoms with Crippen LogP contribution < -0.4 is 20.3 Å². The lowest BCUT2D eigenvalue weighted by Crippen LogP contribution is -2.59. The van der Waals surface area contributed by atoms with Crippen LogP contribution in [0.3, 0.4) is 0 Å². The molecule has 1 heterocycles. The quantitative estimate of drug-likeness (QED) is 0.456. The van der Waals surface area contributed by atoms with Crippen LogP contribution in [0.4, 0.5) is 0 Å². The number of hydrogen-bond acceptors (Lipinski definition) is 7. The molecule has 2 aromatic rings. The van der Waals surface area contributed by atoms with Gasteiger partial charge in [-0.3, -0.25) is 10.0 Å². The third-order valence-corrected chi connectivity index (χ3v) is 6.25. The predicted octanol–water partition coefficient (Wildman–Crippen LogP) is 1.38. The average molecular weight is 444 g/mol. The second-order valence-corrected chi connectivity index (χ2v) is 7.95. The number of hydrogen-bond donors (Lipinski definition) is 3. The first-order chi connectivity index (χ1) is 13.5. The molecule has 0 aliphatic carbocycles. The molecule has 0 radical (unpaired) electrons. The number of hydroxylamine groups is 1. The predicted molar refractivity (Wildman–Crippen MR) is 107 cm³/mol. The zero-order valence-corrected chi connectivity index (χ0v) is 17.2. The Morgan fingerprint density at radius 2 is 1.66 bits per heavy atom.